The maximum atomic E-state index is 11.1. The van der Waals surface area contributed by atoms with Crippen molar-refractivity contribution < 1.29 is 23.7 Å². The minimum atomic E-state index is -0.512. The summed E-state index contributed by atoms with van der Waals surface area (Å²) in [5, 5.41) is 0. The van der Waals surface area contributed by atoms with Crippen molar-refractivity contribution >= 4 is 5.97 Å². The maximum Gasteiger partial charge on any atom is 0.330 e. The molecule has 4 atom stereocenters. The van der Waals surface area contributed by atoms with Crippen LogP contribution in [0.4, 0.5) is 0 Å². The Kier molecular flexibility index (Phi) is 4.28. The van der Waals surface area contributed by atoms with Crippen LogP contribution in [-0.2, 0) is 23.7 Å². The van der Waals surface area contributed by atoms with Crippen molar-refractivity contribution in [2.24, 2.45) is 17.8 Å². The normalized spacial score (nSPS) is 36.6. The van der Waals surface area contributed by atoms with Gasteiger partial charge in [-0.25, -0.2) is 4.79 Å². The van der Waals surface area contributed by atoms with Gasteiger partial charge in [-0.3, -0.25) is 0 Å². The van der Waals surface area contributed by atoms with Crippen molar-refractivity contribution in [1.82, 2.24) is 0 Å². The molecule has 0 aromatic rings. The van der Waals surface area contributed by atoms with Crippen molar-refractivity contribution in [3.8, 4) is 0 Å². The van der Waals surface area contributed by atoms with E-state index in [1.165, 1.54) is 13.2 Å². The van der Waals surface area contributed by atoms with E-state index in [4.69, 9.17) is 14.2 Å². The summed E-state index contributed by atoms with van der Waals surface area (Å²) in [5.74, 6) is 0.185. The van der Waals surface area contributed by atoms with Gasteiger partial charge in [-0.1, -0.05) is 6.08 Å². The lowest BCUT2D eigenvalue weighted by Gasteiger charge is -2.17. The summed E-state index contributed by atoms with van der Waals surface area (Å²) >= 11 is 0. The van der Waals surface area contributed by atoms with Gasteiger partial charge in [0.1, 0.15) is 0 Å². The number of methoxy groups -OCH3 is 2. The predicted molar refractivity (Wildman–Crippen MR) is 68.4 cm³/mol. The van der Waals surface area contributed by atoms with Crippen molar-refractivity contribution in [1.29, 1.82) is 0 Å². The topological polar surface area (TPSA) is 54.0 Å². The first-order valence-electron chi connectivity index (χ1n) is 6.55. The van der Waals surface area contributed by atoms with Crippen molar-refractivity contribution in [3.05, 3.63) is 12.2 Å². The molecule has 0 aromatic heterocycles. The molecule has 0 unspecified atom stereocenters. The molecule has 0 radical (unpaired) electrons. The van der Waals surface area contributed by atoms with E-state index < -0.39 is 5.79 Å². The Labute approximate surface area is 113 Å². The van der Waals surface area contributed by atoms with Gasteiger partial charge in [-0.05, 0) is 31.6 Å². The smallest absolute Gasteiger partial charge is 0.330 e. The third-order valence-electron chi connectivity index (χ3n) is 3.77. The molecule has 0 bridgehead atoms. The molecule has 2 fully saturated rings. The fourth-order valence-electron chi connectivity index (χ4n) is 2.80. The van der Waals surface area contributed by atoms with Crippen LogP contribution >= 0.6 is 0 Å². The van der Waals surface area contributed by atoms with E-state index in [2.05, 4.69) is 4.74 Å². The van der Waals surface area contributed by atoms with Gasteiger partial charge in [-0.2, -0.15) is 0 Å². The fraction of sp³-hybridized carbons (Fsp3) is 0.786. The molecule has 0 N–H and O–H groups in total. The first kappa shape index (κ1) is 14.5. The van der Waals surface area contributed by atoms with Gasteiger partial charge in [0.2, 0.25) is 0 Å². The summed E-state index contributed by atoms with van der Waals surface area (Å²) in [5.41, 5.74) is 0. The van der Waals surface area contributed by atoms with Gasteiger partial charge < -0.3 is 18.9 Å². The second-order valence-electron chi connectivity index (χ2n) is 5.52. The lowest BCUT2D eigenvalue weighted by atomic mass is 10.2. The van der Waals surface area contributed by atoms with E-state index in [-0.39, 0.29) is 12.1 Å². The molecule has 0 spiro atoms. The highest BCUT2D eigenvalue weighted by molar-refractivity contribution is 5.81. The molecule has 0 amide bonds. The molecule has 19 heavy (non-hydrogen) atoms. The third kappa shape index (κ3) is 3.35. The van der Waals surface area contributed by atoms with E-state index in [1.54, 1.807) is 7.11 Å². The number of esters is 1. The molecule has 108 valence electrons. The zero-order chi connectivity index (χ0) is 14.0. The van der Waals surface area contributed by atoms with Gasteiger partial charge in [0.25, 0.3) is 0 Å². The molecule has 1 saturated heterocycles. The Balaban J connectivity index is 1.95. The van der Waals surface area contributed by atoms with Crippen molar-refractivity contribution in [2.45, 2.75) is 25.7 Å². The molecule has 1 aliphatic heterocycles. The first-order valence-corrected chi connectivity index (χ1v) is 6.55. The molecular formula is C14H22O5. The van der Waals surface area contributed by atoms with E-state index in [1.807, 2.05) is 19.9 Å². The molecule has 0 aromatic carbocycles. The highest BCUT2D eigenvalue weighted by Crippen LogP contribution is 2.52. The van der Waals surface area contributed by atoms with Crippen LogP contribution in [0.25, 0.3) is 0 Å². The van der Waals surface area contributed by atoms with E-state index in [9.17, 15) is 4.79 Å². The SMILES string of the molecule is COC[C@@H]1[C@@H](/C=C\C(=O)OC)[C@H]1[C@H]1COC(C)(C)O1. The molecule has 5 heteroatoms. The first-order chi connectivity index (χ1) is 8.98. The standard InChI is InChI=1S/C14H22O5/c1-14(2)18-8-11(19-14)13-9(10(13)7-16-3)5-6-12(15)17-4/h5-6,9-11,13H,7-8H2,1-4H3/b6-5-/t9-,10-,11-,13-/m1/s1. The largest absolute Gasteiger partial charge is 0.466 e. The molecule has 2 rings (SSSR count). The Bertz CT molecular complexity index is 363. The highest BCUT2D eigenvalue weighted by Gasteiger charge is 2.56. The predicted octanol–water partition coefficient (Wildman–Crippen LogP) is 1.38. The minimum absolute atomic E-state index is 0.0717. The highest BCUT2D eigenvalue weighted by atomic mass is 16.7. The van der Waals surface area contributed by atoms with Crippen LogP contribution in [0.5, 0.6) is 0 Å². The molecular weight excluding hydrogens is 248 g/mol. The van der Waals surface area contributed by atoms with Gasteiger partial charge in [-0.15, -0.1) is 0 Å². The monoisotopic (exact) mass is 270 g/mol. The van der Waals surface area contributed by atoms with Crippen LogP contribution in [0.3, 0.4) is 0 Å². The number of ether oxygens (including phenoxy) is 4. The van der Waals surface area contributed by atoms with Crippen LogP contribution < -0.4 is 0 Å². The van der Waals surface area contributed by atoms with Gasteiger partial charge in [0.15, 0.2) is 5.79 Å². The number of rotatable bonds is 5. The van der Waals surface area contributed by atoms with Gasteiger partial charge in [0.05, 0.1) is 19.8 Å². The number of carbonyl (C=O) groups is 1. The summed E-state index contributed by atoms with van der Waals surface area (Å²) in [7, 11) is 3.06. The second kappa shape index (κ2) is 5.61. The zero-order valence-electron chi connectivity index (χ0n) is 11.9. The Morgan fingerprint density at radius 1 is 1.42 bits per heavy atom. The minimum Gasteiger partial charge on any atom is -0.466 e. The summed E-state index contributed by atoms with van der Waals surface area (Å²) in [6, 6.07) is 0. The Hall–Kier alpha value is -0.910. The van der Waals surface area contributed by atoms with Crippen molar-refractivity contribution in [3.63, 3.8) is 0 Å². The van der Waals surface area contributed by atoms with E-state index >= 15 is 0 Å². The van der Waals surface area contributed by atoms with Gasteiger partial charge in [0, 0.05) is 19.8 Å². The lowest BCUT2D eigenvalue weighted by molar-refractivity contribution is -0.141. The third-order valence-corrected chi connectivity index (χ3v) is 3.77. The van der Waals surface area contributed by atoms with Crippen LogP contribution in [0, 0.1) is 17.8 Å². The van der Waals surface area contributed by atoms with Crippen LogP contribution in [0.15, 0.2) is 12.2 Å². The molecule has 1 saturated carbocycles. The number of carbonyl (C=O) groups excluding carboxylic acids is 1. The Morgan fingerprint density at radius 2 is 2.16 bits per heavy atom. The second-order valence-corrected chi connectivity index (χ2v) is 5.52. The summed E-state index contributed by atoms with van der Waals surface area (Å²) in [4.78, 5) is 11.1. The maximum absolute atomic E-state index is 11.1. The summed E-state index contributed by atoms with van der Waals surface area (Å²) in [6.45, 7) is 5.10. The van der Waals surface area contributed by atoms with E-state index in [0.29, 0.717) is 31.0 Å². The van der Waals surface area contributed by atoms with Crippen LogP contribution in [0.1, 0.15) is 13.8 Å². The molecule has 1 aliphatic carbocycles. The number of hydrogen-bond acceptors (Lipinski definition) is 5. The summed E-state index contributed by atoms with van der Waals surface area (Å²) in [6.07, 6.45) is 3.45. The number of allylic oxidation sites excluding steroid dienone is 1. The van der Waals surface area contributed by atoms with E-state index in [0.717, 1.165) is 0 Å². The van der Waals surface area contributed by atoms with Crippen LogP contribution in [0.2, 0.25) is 0 Å². The Morgan fingerprint density at radius 3 is 2.68 bits per heavy atom. The number of hydrogen-bond donors (Lipinski definition) is 0. The summed E-state index contributed by atoms with van der Waals surface area (Å²) < 4.78 is 21.3. The van der Waals surface area contributed by atoms with Crippen LogP contribution in [-0.4, -0.2) is 45.3 Å². The molecule has 5 nitrogen and oxygen atoms in total. The van der Waals surface area contributed by atoms with Crippen molar-refractivity contribution in [2.75, 3.05) is 27.4 Å². The average molecular weight is 270 g/mol. The average Bonchev–Trinajstić information content (AvgIpc) is 2.92. The quantitative estimate of drug-likeness (QED) is 0.558. The molecule has 1 heterocycles. The fourth-order valence-corrected chi connectivity index (χ4v) is 2.80. The lowest BCUT2D eigenvalue weighted by Crippen LogP contribution is -2.23. The van der Waals surface area contributed by atoms with Gasteiger partial charge >= 0.3 is 5.97 Å². The molecule has 2 aliphatic rings. The zero-order valence-corrected chi connectivity index (χ0v) is 11.9.